The van der Waals surface area contributed by atoms with Gasteiger partial charge in [0.1, 0.15) is 11.5 Å². The Morgan fingerprint density at radius 3 is 1.75 bits per heavy atom. The standard InChI is InChI=1S/C24H22NO2P/c1-18-13-14-22(15-19(18)2)25-28(26)16-23(20-9-5-3-6-10-20)27-24(17-28)21-11-7-4-8-12-21/h3-17H,1-2H3,(H,25,26). The zero-order chi connectivity index (χ0) is 19.6. The van der Waals surface area contributed by atoms with Gasteiger partial charge in [-0.15, -0.1) is 0 Å². The van der Waals surface area contributed by atoms with Gasteiger partial charge in [0.2, 0.25) is 7.29 Å². The highest BCUT2D eigenvalue weighted by molar-refractivity contribution is 7.72. The number of ether oxygens (including phenoxy) is 1. The highest BCUT2D eigenvalue weighted by atomic mass is 31.2. The number of benzene rings is 3. The Labute approximate surface area is 165 Å². The molecule has 0 spiro atoms. The summed E-state index contributed by atoms with van der Waals surface area (Å²) in [5, 5.41) is 3.25. The van der Waals surface area contributed by atoms with E-state index in [2.05, 4.69) is 18.9 Å². The summed E-state index contributed by atoms with van der Waals surface area (Å²) < 4.78 is 20.0. The molecule has 0 saturated heterocycles. The molecule has 4 rings (SSSR count). The van der Waals surface area contributed by atoms with Crippen molar-refractivity contribution in [2.45, 2.75) is 13.8 Å². The average Bonchev–Trinajstić information content (AvgIpc) is 2.71. The summed E-state index contributed by atoms with van der Waals surface area (Å²) in [6.45, 7) is 4.12. The van der Waals surface area contributed by atoms with E-state index in [1.54, 1.807) is 11.6 Å². The second kappa shape index (κ2) is 7.53. The molecule has 1 aliphatic heterocycles. The molecule has 0 aliphatic carbocycles. The Hall–Kier alpha value is -3.03. The molecule has 0 radical (unpaired) electrons. The van der Waals surface area contributed by atoms with E-state index in [0.29, 0.717) is 11.5 Å². The van der Waals surface area contributed by atoms with Crippen LogP contribution in [-0.2, 0) is 9.30 Å². The summed E-state index contributed by atoms with van der Waals surface area (Å²) >= 11 is 0. The van der Waals surface area contributed by atoms with Gasteiger partial charge in [-0.25, -0.2) is 0 Å². The van der Waals surface area contributed by atoms with Crippen molar-refractivity contribution in [2.75, 3.05) is 5.09 Å². The number of anilines is 1. The van der Waals surface area contributed by atoms with E-state index in [1.165, 1.54) is 5.56 Å². The Bertz CT molecular complexity index is 1040. The highest BCUT2D eigenvalue weighted by Crippen LogP contribution is 2.56. The molecule has 0 unspecified atom stereocenters. The van der Waals surface area contributed by atoms with Crippen LogP contribution in [0.3, 0.4) is 0 Å². The Kier molecular flexibility index (Phi) is 4.93. The van der Waals surface area contributed by atoms with Crippen LogP contribution in [0.5, 0.6) is 0 Å². The predicted molar refractivity (Wildman–Crippen MR) is 117 cm³/mol. The fourth-order valence-corrected chi connectivity index (χ4v) is 4.95. The average molecular weight is 387 g/mol. The van der Waals surface area contributed by atoms with Crippen LogP contribution in [0.4, 0.5) is 5.69 Å². The first-order valence-corrected chi connectivity index (χ1v) is 11.1. The maximum atomic E-state index is 13.8. The maximum Gasteiger partial charge on any atom is 0.220 e. The van der Waals surface area contributed by atoms with E-state index < -0.39 is 7.29 Å². The smallest absolute Gasteiger partial charge is 0.220 e. The van der Waals surface area contributed by atoms with Crippen molar-refractivity contribution in [3.05, 3.63) is 113 Å². The van der Waals surface area contributed by atoms with Gasteiger partial charge >= 0.3 is 0 Å². The summed E-state index contributed by atoms with van der Waals surface area (Å²) in [6.07, 6.45) is 0. The first kappa shape index (κ1) is 18.3. The van der Waals surface area contributed by atoms with Crippen LogP contribution in [0.15, 0.2) is 90.5 Å². The molecule has 140 valence electrons. The van der Waals surface area contributed by atoms with Crippen molar-refractivity contribution in [3.8, 4) is 0 Å². The van der Waals surface area contributed by atoms with E-state index in [-0.39, 0.29) is 0 Å². The normalized spacial score (nSPS) is 15.2. The van der Waals surface area contributed by atoms with Crippen LogP contribution in [-0.4, -0.2) is 0 Å². The molecule has 0 fully saturated rings. The quantitative estimate of drug-likeness (QED) is 0.489. The zero-order valence-corrected chi connectivity index (χ0v) is 16.8. The topological polar surface area (TPSA) is 38.3 Å². The van der Waals surface area contributed by atoms with Crippen molar-refractivity contribution >= 4 is 24.5 Å². The molecular formula is C24H22NO2P. The summed E-state index contributed by atoms with van der Waals surface area (Å²) in [4.78, 5) is 0. The van der Waals surface area contributed by atoms with Crippen molar-refractivity contribution in [1.82, 2.24) is 0 Å². The minimum atomic E-state index is -3.01. The van der Waals surface area contributed by atoms with Gasteiger partial charge in [0, 0.05) is 28.4 Å². The molecule has 3 aromatic rings. The zero-order valence-electron chi connectivity index (χ0n) is 15.9. The Morgan fingerprint density at radius 2 is 1.25 bits per heavy atom. The van der Waals surface area contributed by atoms with E-state index in [4.69, 9.17) is 4.74 Å². The monoisotopic (exact) mass is 387 g/mol. The summed E-state index contributed by atoms with van der Waals surface area (Å²) in [6, 6.07) is 25.5. The van der Waals surface area contributed by atoms with Gasteiger partial charge in [-0.1, -0.05) is 66.7 Å². The molecule has 0 aromatic heterocycles. The third-order valence-electron chi connectivity index (χ3n) is 4.77. The first-order valence-electron chi connectivity index (χ1n) is 9.22. The van der Waals surface area contributed by atoms with E-state index in [0.717, 1.165) is 22.4 Å². The SMILES string of the molecule is Cc1ccc(NP2(=O)C=C(c3ccccc3)OC(c3ccccc3)=C2)cc1C. The number of aryl methyl sites for hydroxylation is 2. The van der Waals surface area contributed by atoms with Gasteiger partial charge in [-0.05, 0) is 37.1 Å². The van der Waals surface area contributed by atoms with Gasteiger partial charge in [0.15, 0.2) is 0 Å². The third-order valence-corrected chi connectivity index (χ3v) is 6.61. The van der Waals surface area contributed by atoms with E-state index >= 15 is 0 Å². The lowest BCUT2D eigenvalue weighted by molar-refractivity contribution is 0.469. The molecule has 1 aliphatic rings. The van der Waals surface area contributed by atoms with Crippen molar-refractivity contribution < 1.29 is 9.30 Å². The number of hydrogen-bond acceptors (Lipinski definition) is 2. The lowest BCUT2D eigenvalue weighted by Gasteiger charge is -2.24. The van der Waals surface area contributed by atoms with Gasteiger partial charge in [0.05, 0.1) is 0 Å². The minimum absolute atomic E-state index is 0.599. The van der Waals surface area contributed by atoms with E-state index in [9.17, 15) is 4.57 Å². The third kappa shape index (κ3) is 3.95. The highest BCUT2D eigenvalue weighted by Gasteiger charge is 2.27. The summed E-state index contributed by atoms with van der Waals surface area (Å²) in [7, 11) is -3.01. The minimum Gasteiger partial charge on any atom is -0.456 e. The number of rotatable bonds is 4. The predicted octanol–water partition coefficient (Wildman–Crippen LogP) is 7.02. The molecule has 3 nitrogen and oxygen atoms in total. The molecule has 28 heavy (non-hydrogen) atoms. The summed E-state index contributed by atoms with van der Waals surface area (Å²) in [5.41, 5.74) is 4.99. The molecule has 0 amide bonds. The van der Waals surface area contributed by atoms with Gasteiger partial charge in [0.25, 0.3) is 0 Å². The molecular weight excluding hydrogens is 365 g/mol. The first-order chi connectivity index (χ1) is 13.5. The molecule has 3 aromatic carbocycles. The van der Waals surface area contributed by atoms with Crippen LogP contribution in [0.2, 0.25) is 0 Å². The molecule has 0 saturated carbocycles. The Balaban J connectivity index is 1.77. The fraction of sp³-hybridized carbons (Fsp3) is 0.0833. The Morgan fingerprint density at radius 1 is 0.714 bits per heavy atom. The lowest BCUT2D eigenvalue weighted by atomic mass is 10.1. The number of hydrogen-bond donors (Lipinski definition) is 1. The number of nitrogens with one attached hydrogen (secondary N) is 1. The van der Waals surface area contributed by atoms with Crippen molar-refractivity contribution in [1.29, 1.82) is 0 Å². The molecule has 0 bridgehead atoms. The fourth-order valence-electron chi connectivity index (χ4n) is 3.11. The maximum absolute atomic E-state index is 13.8. The van der Waals surface area contributed by atoms with Crippen molar-refractivity contribution in [2.24, 2.45) is 0 Å². The second-order valence-electron chi connectivity index (χ2n) is 6.94. The van der Waals surface area contributed by atoms with Crippen LogP contribution in [0.1, 0.15) is 22.3 Å². The summed E-state index contributed by atoms with van der Waals surface area (Å²) in [5.74, 6) is 4.62. The second-order valence-corrected chi connectivity index (χ2v) is 9.10. The van der Waals surface area contributed by atoms with Gasteiger partial charge < -0.3 is 9.82 Å². The van der Waals surface area contributed by atoms with Gasteiger partial charge in [-0.2, -0.15) is 0 Å². The molecule has 0 atom stereocenters. The lowest BCUT2D eigenvalue weighted by Crippen LogP contribution is -2.03. The molecule has 1 N–H and O–H groups in total. The largest absolute Gasteiger partial charge is 0.456 e. The molecule has 4 heteroatoms. The van der Waals surface area contributed by atoms with Crippen LogP contribution in [0.25, 0.3) is 11.5 Å². The van der Waals surface area contributed by atoms with E-state index in [1.807, 2.05) is 78.9 Å². The van der Waals surface area contributed by atoms with Crippen LogP contribution >= 0.6 is 7.29 Å². The molecule has 1 heterocycles. The van der Waals surface area contributed by atoms with Crippen molar-refractivity contribution in [3.63, 3.8) is 0 Å². The van der Waals surface area contributed by atoms with Gasteiger partial charge in [-0.3, -0.25) is 4.57 Å². The van der Waals surface area contributed by atoms with Crippen LogP contribution in [0, 0.1) is 13.8 Å². The van der Waals surface area contributed by atoms with Crippen LogP contribution < -0.4 is 5.09 Å².